The number of benzene rings is 1. The summed E-state index contributed by atoms with van der Waals surface area (Å²) in [6.07, 6.45) is 0.943. The molecule has 22 heavy (non-hydrogen) atoms. The Balaban J connectivity index is 2.06. The van der Waals surface area contributed by atoms with Crippen molar-refractivity contribution in [1.82, 2.24) is 10.2 Å². The Morgan fingerprint density at radius 1 is 1.32 bits per heavy atom. The van der Waals surface area contributed by atoms with Crippen molar-refractivity contribution in [2.75, 3.05) is 13.6 Å². The summed E-state index contributed by atoms with van der Waals surface area (Å²) in [5, 5.41) is 3.03. The van der Waals surface area contributed by atoms with Crippen molar-refractivity contribution in [2.45, 2.75) is 32.7 Å². The molecule has 1 aromatic carbocycles. The van der Waals surface area contributed by atoms with Gasteiger partial charge >= 0.3 is 0 Å². The van der Waals surface area contributed by atoms with Gasteiger partial charge in [-0.1, -0.05) is 26.0 Å². The van der Waals surface area contributed by atoms with Crippen molar-refractivity contribution < 1.29 is 14.0 Å². The van der Waals surface area contributed by atoms with E-state index in [1.54, 1.807) is 24.1 Å². The van der Waals surface area contributed by atoms with E-state index in [9.17, 15) is 14.0 Å². The Hall–Kier alpha value is -1.91. The summed E-state index contributed by atoms with van der Waals surface area (Å²) >= 11 is 0. The van der Waals surface area contributed by atoms with Crippen LogP contribution in [0.3, 0.4) is 0 Å². The van der Waals surface area contributed by atoms with Gasteiger partial charge in [0.2, 0.25) is 11.8 Å². The van der Waals surface area contributed by atoms with Gasteiger partial charge < -0.3 is 10.2 Å². The summed E-state index contributed by atoms with van der Waals surface area (Å²) in [4.78, 5) is 25.8. The van der Waals surface area contributed by atoms with Crippen LogP contribution in [0, 0.1) is 17.7 Å². The lowest BCUT2D eigenvalue weighted by Crippen LogP contribution is -2.43. The molecule has 2 amide bonds. The quantitative estimate of drug-likeness (QED) is 0.929. The first kappa shape index (κ1) is 16.5. The van der Waals surface area contributed by atoms with Crippen LogP contribution >= 0.6 is 0 Å². The molecule has 0 unspecified atom stereocenters. The highest BCUT2D eigenvalue weighted by molar-refractivity contribution is 5.87. The molecule has 0 spiro atoms. The van der Waals surface area contributed by atoms with Gasteiger partial charge in [-0.2, -0.15) is 0 Å². The fourth-order valence-electron chi connectivity index (χ4n) is 2.74. The lowest BCUT2D eigenvalue weighted by molar-refractivity contribution is -0.139. The molecular formula is C17H23FN2O2. The molecule has 4 nitrogen and oxygen atoms in total. The molecule has 0 bridgehead atoms. The molecule has 0 radical (unpaired) electrons. The Labute approximate surface area is 130 Å². The standard InChI is InChI=1S/C17H23FN2O2/c1-11(2)16(12-4-6-14(18)7-5-12)19-17(22)13-8-9-20(3)15(21)10-13/h4-7,11,13,16H,8-10H2,1-3H3,(H,19,22)/t13-,16-/m0/s1. The molecular weight excluding hydrogens is 283 g/mol. The zero-order valence-electron chi connectivity index (χ0n) is 13.3. The lowest BCUT2D eigenvalue weighted by atomic mass is 9.92. The zero-order valence-corrected chi connectivity index (χ0v) is 13.3. The van der Waals surface area contributed by atoms with Crippen molar-refractivity contribution in [2.24, 2.45) is 11.8 Å². The van der Waals surface area contributed by atoms with Crippen LogP contribution in [-0.4, -0.2) is 30.3 Å². The van der Waals surface area contributed by atoms with Crippen molar-refractivity contribution in [1.29, 1.82) is 0 Å². The fraction of sp³-hybridized carbons (Fsp3) is 0.529. The van der Waals surface area contributed by atoms with Crippen molar-refractivity contribution in [3.05, 3.63) is 35.6 Å². The topological polar surface area (TPSA) is 49.4 Å². The number of halogens is 1. The number of amides is 2. The van der Waals surface area contributed by atoms with Crippen LogP contribution in [0.2, 0.25) is 0 Å². The maximum absolute atomic E-state index is 13.1. The highest BCUT2D eigenvalue weighted by atomic mass is 19.1. The number of nitrogens with zero attached hydrogens (tertiary/aromatic N) is 1. The highest BCUT2D eigenvalue weighted by Gasteiger charge is 2.30. The summed E-state index contributed by atoms with van der Waals surface area (Å²) in [7, 11) is 1.76. The summed E-state index contributed by atoms with van der Waals surface area (Å²) in [6.45, 7) is 4.63. The molecule has 0 aromatic heterocycles. The van der Waals surface area contributed by atoms with Gasteiger partial charge in [0.25, 0.3) is 0 Å². The smallest absolute Gasteiger partial charge is 0.224 e. The Morgan fingerprint density at radius 3 is 2.50 bits per heavy atom. The second-order valence-corrected chi connectivity index (χ2v) is 6.29. The van der Waals surface area contributed by atoms with Crippen LogP contribution in [0.4, 0.5) is 4.39 Å². The van der Waals surface area contributed by atoms with E-state index in [0.29, 0.717) is 13.0 Å². The third kappa shape index (κ3) is 3.84. The predicted octanol–water partition coefficient (Wildman–Crippen LogP) is 2.51. The second-order valence-electron chi connectivity index (χ2n) is 6.29. The first-order chi connectivity index (χ1) is 10.4. The number of carbonyl (C=O) groups is 2. The minimum Gasteiger partial charge on any atom is -0.349 e. The van der Waals surface area contributed by atoms with Gasteiger partial charge in [0.1, 0.15) is 5.82 Å². The number of hydrogen-bond donors (Lipinski definition) is 1. The van der Waals surface area contributed by atoms with E-state index in [1.807, 2.05) is 13.8 Å². The van der Waals surface area contributed by atoms with Crippen molar-refractivity contribution >= 4 is 11.8 Å². The minimum atomic E-state index is -0.293. The predicted molar refractivity (Wildman–Crippen MR) is 82.5 cm³/mol. The zero-order chi connectivity index (χ0) is 16.3. The monoisotopic (exact) mass is 306 g/mol. The van der Waals surface area contributed by atoms with E-state index in [4.69, 9.17) is 0 Å². The van der Waals surface area contributed by atoms with Gasteiger partial charge in [0.05, 0.1) is 6.04 Å². The molecule has 1 aliphatic rings. The van der Waals surface area contributed by atoms with Gasteiger partial charge in [-0.15, -0.1) is 0 Å². The Morgan fingerprint density at radius 2 is 1.95 bits per heavy atom. The van der Waals surface area contributed by atoms with Crippen LogP contribution in [0.25, 0.3) is 0 Å². The number of hydrogen-bond acceptors (Lipinski definition) is 2. The third-order valence-electron chi connectivity index (χ3n) is 4.22. The first-order valence-corrected chi connectivity index (χ1v) is 7.68. The average molecular weight is 306 g/mol. The van der Waals surface area contributed by atoms with E-state index in [1.165, 1.54) is 12.1 Å². The fourth-order valence-corrected chi connectivity index (χ4v) is 2.74. The highest BCUT2D eigenvalue weighted by Crippen LogP contribution is 2.24. The molecule has 1 heterocycles. The molecule has 2 atom stereocenters. The third-order valence-corrected chi connectivity index (χ3v) is 4.22. The number of nitrogens with one attached hydrogen (secondary N) is 1. The summed E-state index contributed by atoms with van der Waals surface area (Å²) in [6, 6.07) is 6.01. The maximum atomic E-state index is 13.1. The number of carbonyl (C=O) groups excluding carboxylic acids is 2. The van der Waals surface area contributed by atoms with E-state index < -0.39 is 0 Å². The SMILES string of the molecule is CC(C)[C@H](NC(=O)[C@H]1CCN(C)C(=O)C1)c1ccc(F)cc1. The van der Waals surface area contributed by atoms with Gasteiger partial charge in [-0.05, 0) is 30.0 Å². The van der Waals surface area contributed by atoms with Gasteiger partial charge in [-0.25, -0.2) is 4.39 Å². The summed E-state index contributed by atoms with van der Waals surface area (Å²) in [5.74, 6) is -0.473. The number of piperidine rings is 1. The molecule has 1 N–H and O–H groups in total. The van der Waals surface area contributed by atoms with Gasteiger partial charge in [-0.3, -0.25) is 9.59 Å². The molecule has 5 heteroatoms. The molecule has 1 aliphatic heterocycles. The maximum Gasteiger partial charge on any atom is 0.224 e. The average Bonchev–Trinajstić information content (AvgIpc) is 2.48. The molecule has 0 aliphatic carbocycles. The number of rotatable bonds is 4. The van der Waals surface area contributed by atoms with Crippen molar-refractivity contribution in [3.8, 4) is 0 Å². The van der Waals surface area contributed by atoms with Crippen LogP contribution in [0.1, 0.15) is 38.3 Å². The van der Waals surface area contributed by atoms with Crippen molar-refractivity contribution in [3.63, 3.8) is 0 Å². The Kier molecular flexibility index (Phi) is 5.16. The molecule has 0 saturated carbocycles. The molecule has 2 rings (SSSR count). The first-order valence-electron chi connectivity index (χ1n) is 7.68. The molecule has 1 fully saturated rings. The second kappa shape index (κ2) is 6.90. The van der Waals surface area contributed by atoms with Gasteiger partial charge in [0.15, 0.2) is 0 Å². The molecule has 1 aromatic rings. The lowest BCUT2D eigenvalue weighted by Gasteiger charge is -2.30. The van der Waals surface area contributed by atoms with Crippen LogP contribution in [0.15, 0.2) is 24.3 Å². The van der Waals surface area contributed by atoms with Gasteiger partial charge in [0, 0.05) is 25.9 Å². The minimum absolute atomic E-state index is 0.00859. The molecule has 120 valence electrons. The van der Waals surface area contributed by atoms with Crippen LogP contribution in [0.5, 0.6) is 0 Å². The summed E-state index contributed by atoms with van der Waals surface area (Å²) in [5.41, 5.74) is 0.879. The number of likely N-dealkylation sites (tertiary alicyclic amines) is 1. The molecule has 1 saturated heterocycles. The van der Waals surface area contributed by atoms with Crippen LogP contribution < -0.4 is 5.32 Å². The van der Waals surface area contributed by atoms with E-state index in [-0.39, 0.29) is 41.9 Å². The van der Waals surface area contributed by atoms with E-state index >= 15 is 0 Å². The Bertz CT molecular complexity index is 542. The summed E-state index contributed by atoms with van der Waals surface area (Å²) < 4.78 is 13.1. The van der Waals surface area contributed by atoms with E-state index in [2.05, 4.69) is 5.32 Å². The normalized spacial score (nSPS) is 20.1. The van der Waals surface area contributed by atoms with E-state index in [0.717, 1.165) is 5.56 Å². The largest absolute Gasteiger partial charge is 0.349 e. The van der Waals surface area contributed by atoms with Crippen LogP contribution in [-0.2, 0) is 9.59 Å².